The number of halogens is 2. The van der Waals surface area contributed by atoms with Gasteiger partial charge in [0.1, 0.15) is 34.9 Å². The number of benzene rings is 2. The Morgan fingerprint density at radius 3 is 2.59 bits per heavy atom. The fourth-order valence-electron chi connectivity index (χ4n) is 3.74. The molecule has 0 radical (unpaired) electrons. The van der Waals surface area contributed by atoms with E-state index in [9.17, 15) is 23.5 Å². The van der Waals surface area contributed by atoms with Crippen LogP contribution in [-0.2, 0) is 9.59 Å². The summed E-state index contributed by atoms with van der Waals surface area (Å²) in [6.45, 7) is 4.06. The first kappa shape index (κ1) is 21.3. The van der Waals surface area contributed by atoms with Gasteiger partial charge in [-0.3, -0.25) is 14.5 Å². The van der Waals surface area contributed by atoms with Crippen LogP contribution in [-0.4, -0.2) is 23.4 Å². The highest BCUT2D eigenvalue weighted by atomic mass is 19.1. The van der Waals surface area contributed by atoms with Gasteiger partial charge in [-0.15, -0.1) is 0 Å². The molecule has 2 heterocycles. The van der Waals surface area contributed by atoms with Crippen LogP contribution < -0.4 is 9.64 Å². The van der Waals surface area contributed by atoms with E-state index in [0.29, 0.717) is 17.9 Å². The second-order valence-corrected chi connectivity index (χ2v) is 7.19. The molecule has 32 heavy (non-hydrogen) atoms. The van der Waals surface area contributed by atoms with E-state index in [1.165, 1.54) is 18.4 Å². The molecule has 1 N–H and O–H groups in total. The van der Waals surface area contributed by atoms with E-state index < -0.39 is 40.8 Å². The molecule has 1 unspecified atom stereocenters. The monoisotopic (exact) mass is 439 g/mol. The Balaban J connectivity index is 1.91. The van der Waals surface area contributed by atoms with Crippen molar-refractivity contribution in [2.75, 3.05) is 11.5 Å². The van der Waals surface area contributed by atoms with Crippen LogP contribution in [0.5, 0.6) is 5.75 Å². The Morgan fingerprint density at radius 2 is 1.94 bits per heavy atom. The van der Waals surface area contributed by atoms with E-state index >= 15 is 0 Å². The lowest BCUT2D eigenvalue weighted by Crippen LogP contribution is -2.30. The molecule has 0 bridgehead atoms. The van der Waals surface area contributed by atoms with Crippen molar-refractivity contribution in [1.82, 2.24) is 0 Å². The molecule has 1 saturated heterocycles. The van der Waals surface area contributed by atoms with Crippen LogP contribution in [0.2, 0.25) is 0 Å². The first-order valence-corrected chi connectivity index (χ1v) is 9.86. The number of carbonyl (C=O) groups excluding carboxylic acids is 2. The number of hydrogen-bond acceptors (Lipinski definition) is 5. The third kappa shape index (κ3) is 3.53. The molecule has 3 aromatic rings. The van der Waals surface area contributed by atoms with Gasteiger partial charge in [0.05, 0.1) is 24.1 Å². The van der Waals surface area contributed by atoms with E-state index in [1.54, 1.807) is 25.1 Å². The van der Waals surface area contributed by atoms with Gasteiger partial charge >= 0.3 is 0 Å². The summed E-state index contributed by atoms with van der Waals surface area (Å²) in [5.41, 5.74) is 0.240. The molecule has 0 saturated carbocycles. The lowest BCUT2D eigenvalue weighted by molar-refractivity contribution is -0.132. The summed E-state index contributed by atoms with van der Waals surface area (Å²) >= 11 is 0. The second-order valence-electron chi connectivity index (χ2n) is 7.19. The number of amides is 1. The summed E-state index contributed by atoms with van der Waals surface area (Å²) in [6, 6.07) is 9.09. The number of ketones is 1. The molecule has 1 aromatic heterocycles. The standard InChI is InChI=1S/C24H19F2NO5/c1-3-31-18-9-6-14(11-13(18)2)22(28)20-21(19-5-4-10-32-19)27(24(30)23(20)29)17-12-15(25)7-8-16(17)26/h4-12,21,28H,3H2,1-2H3/b22-20-. The Morgan fingerprint density at radius 1 is 1.16 bits per heavy atom. The first-order chi connectivity index (χ1) is 15.3. The molecular weight excluding hydrogens is 420 g/mol. The molecule has 0 spiro atoms. The number of nitrogens with zero attached hydrogens (tertiary/aromatic N) is 1. The average Bonchev–Trinajstić information content (AvgIpc) is 3.38. The third-order valence-corrected chi connectivity index (χ3v) is 5.17. The Kier molecular flexibility index (Phi) is 5.52. The van der Waals surface area contributed by atoms with Gasteiger partial charge in [-0.25, -0.2) is 8.78 Å². The molecule has 4 rings (SSSR count). The molecule has 6 nitrogen and oxygen atoms in total. The van der Waals surface area contributed by atoms with Gasteiger partial charge in [0, 0.05) is 11.6 Å². The maximum atomic E-state index is 14.6. The number of ether oxygens (including phenoxy) is 1. The number of carbonyl (C=O) groups is 2. The fraction of sp³-hybridized carbons (Fsp3) is 0.167. The van der Waals surface area contributed by atoms with Gasteiger partial charge in [-0.05, 0) is 61.9 Å². The zero-order valence-electron chi connectivity index (χ0n) is 17.3. The van der Waals surface area contributed by atoms with Crippen molar-refractivity contribution in [2.45, 2.75) is 19.9 Å². The Bertz CT molecular complexity index is 1230. The maximum Gasteiger partial charge on any atom is 0.300 e. The predicted octanol–water partition coefficient (Wildman–Crippen LogP) is 4.89. The maximum absolute atomic E-state index is 14.6. The van der Waals surface area contributed by atoms with Crippen molar-refractivity contribution in [1.29, 1.82) is 0 Å². The highest BCUT2D eigenvalue weighted by Gasteiger charge is 2.49. The van der Waals surface area contributed by atoms with E-state index in [2.05, 4.69) is 0 Å². The first-order valence-electron chi connectivity index (χ1n) is 9.86. The summed E-state index contributed by atoms with van der Waals surface area (Å²) < 4.78 is 39.3. The van der Waals surface area contributed by atoms with Crippen LogP contribution in [0.25, 0.3) is 5.76 Å². The van der Waals surface area contributed by atoms with Crippen LogP contribution >= 0.6 is 0 Å². The normalized spacial score (nSPS) is 17.8. The smallest absolute Gasteiger partial charge is 0.300 e. The van der Waals surface area contributed by atoms with Crippen LogP contribution in [0, 0.1) is 18.6 Å². The van der Waals surface area contributed by atoms with Crippen molar-refractivity contribution in [3.8, 4) is 5.75 Å². The number of hydrogen-bond donors (Lipinski definition) is 1. The highest BCUT2D eigenvalue weighted by Crippen LogP contribution is 2.43. The summed E-state index contributed by atoms with van der Waals surface area (Å²) in [4.78, 5) is 26.7. The molecule has 8 heteroatoms. The minimum atomic E-state index is -1.28. The molecule has 1 fully saturated rings. The quantitative estimate of drug-likeness (QED) is 0.348. The van der Waals surface area contributed by atoms with Crippen LogP contribution in [0.15, 0.2) is 64.8 Å². The number of furan rings is 1. The van der Waals surface area contributed by atoms with Gasteiger partial charge in [0.15, 0.2) is 0 Å². The van der Waals surface area contributed by atoms with E-state index in [1.807, 2.05) is 6.92 Å². The van der Waals surface area contributed by atoms with Gasteiger partial charge in [0.25, 0.3) is 11.7 Å². The van der Waals surface area contributed by atoms with Crippen LogP contribution in [0.3, 0.4) is 0 Å². The van der Waals surface area contributed by atoms with Gasteiger partial charge in [-0.2, -0.15) is 0 Å². The number of aliphatic hydroxyl groups is 1. The highest BCUT2D eigenvalue weighted by molar-refractivity contribution is 6.51. The van der Waals surface area contributed by atoms with Gasteiger partial charge < -0.3 is 14.3 Å². The van der Waals surface area contributed by atoms with Crippen molar-refractivity contribution < 1.29 is 32.6 Å². The second kappa shape index (κ2) is 8.30. The summed E-state index contributed by atoms with van der Waals surface area (Å²) in [7, 11) is 0. The predicted molar refractivity (Wildman–Crippen MR) is 112 cm³/mol. The number of aryl methyl sites for hydroxylation is 1. The van der Waals surface area contributed by atoms with Crippen molar-refractivity contribution in [3.05, 3.63) is 88.9 Å². The largest absolute Gasteiger partial charge is 0.507 e. The number of anilines is 1. The van der Waals surface area contributed by atoms with Gasteiger partial charge in [-0.1, -0.05) is 0 Å². The van der Waals surface area contributed by atoms with Gasteiger partial charge in [0.2, 0.25) is 0 Å². The molecule has 164 valence electrons. The molecule has 1 atom stereocenters. The molecular formula is C24H19F2NO5. The minimum Gasteiger partial charge on any atom is -0.507 e. The minimum absolute atomic E-state index is 0.108. The zero-order chi connectivity index (χ0) is 23.0. The third-order valence-electron chi connectivity index (χ3n) is 5.17. The molecule has 0 aliphatic carbocycles. The summed E-state index contributed by atoms with van der Waals surface area (Å²) in [5, 5.41) is 11.0. The SMILES string of the molecule is CCOc1ccc(/C(O)=C2/C(=O)C(=O)N(c3cc(F)ccc3F)C2c2ccco2)cc1C. The van der Waals surface area contributed by atoms with Crippen LogP contribution in [0.1, 0.15) is 29.9 Å². The van der Waals surface area contributed by atoms with E-state index in [0.717, 1.165) is 23.1 Å². The Labute approximate surface area is 182 Å². The lowest BCUT2D eigenvalue weighted by atomic mass is 9.98. The molecule has 2 aromatic carbocycles. The van der Waals surface area contributed by atoms with Crippen molar-refractivity contribution in [2.24, 2.45) is 0 Å². The summed E-state index contributed by atoms with van der Waals surface area (Å²) in [6.07, 6.45) is 1.32. The lowest BCUT2D eigenvalue weighted by Gasteiger charge is -2.23. The topological polar surface area (TPSA) is 80.0 Å². The number of Topliss-reactive ketones (excluding diaryl/α,β-unsaturated/α-hetero) is 1. The van der Waals surface area contributed by atoms with Crippen LogP contribution in [0.4, 0.5) is 14.5 Å². The number of aliphatic hydroxyl groups excluding tert-OH is 1. The average molecular weight is 439 g/mol. The Hall–Kier alpha value is -3.94. The molecule has 1 amide bonds. The van der Waals surface area contributed by atoms with Crippen molar-refractivity contribution in [3.63, 3.8) is 0 Å². The van der Waals surface area contributed by atoms with Crippen molar-refractivity contribution >= 4 is 23.1 Å². The fourth-order valence-corrected chi connectivity index (χ4v) is 3.74. The zero-order valence-corrected chi connectivity index (χ0v) is 17.3. The van der Waals surface area contributed by atoms with E-state index in [-0.39, 0.29) is 16.9 Å². The number of rotatable bonds is 5. The molecule has 1 aliphatic heterocycles. The van der Waals surface area contributed by atoms with E-state index in [4.69, 9.17) is 9.15 Å². The molecule has 1 aliphatic rings. The summed E-state index contributed by atoms with van der Waals surface area (Å²) in [5.74, 6) is -3.59.